The third-order valence-corrected chi connectivity index (χ3v) is 2.80. The molecule has 0 atom stereocenters. The number of carboxylic acid groups (broad SMARTS) is 1. The number of carbonyl (C=O) groups is 2. The van der Waals surface area contributed by atoms with Crippen LogP contribution in [0.5, 0.6) is 0 Å². The molecule has 1 aromatic rings. The van der Waals surface area contributed by atoms with Gasteiger partial charge >= 0.3 is 11.9 Å². The van der Waals surface area contributed by atoms with Gasteiger partial charge in [-0.1, -0.05) is 30.7 Å². The topological polar surface area (TPSA) is 57.6 Å². The SMILES string of the molecule is CCCN(CC(=O)O)C(=O)C(F)(F)c1cccc(Cl)c1. The van der Waals surface area contributed by atoms with Crippen molar-refractivity contribution in [3.8, 4) is 0 Å². The minimum Gasteiger partial charge on any atom is -0.480 e. The number of benzene rings is 1. The second-order valence-electron chi connectivity index (χ2n) is 4.21. The molecule has 0 aliphatic carbocycles. The lowest BCUT2D eigenvalue weighted by molar-refractivity contribution is -0.162. The molecule has 0 heterocycles. The van der Waals surface area contributed by atoms with E-state index >= 15 is 0 Å². The maximum absolute atomic E-state index is 14.1. The van der Waals surface area contributed by atoms with E-state index in [0.29, 0.717) is 11.3 Å². The lowest BCUT2D eigenvalue weighted by Crippen LogP contribution is -2.44. The minimum atomic E-state index is -3.81. The molecule has 1 N–H and O–H groups in total. The van der Waals surface area contributed by atoms with Crippen molar-refractivity contribution in [2.75, 3.05) is 13.1 Å². The molecule has 0 bridgehead atoms. The first-order chi connectivity index (χ1) is 9.28. The van der Waals surface area contributed by atoms with Gasteiger partial charge in [0.1, 0.15) is 6.54 Å². The summed E-state index contributed by atoms with van der Waals surface area (Å²) in [5.41, 5.74) is -0.554. The highest BCUT2D eigenvalue weighted by molar-refractivity contribution is 6.30. The molecule has 1 amide bonds. The van der Waals surface area contributed by atoms with Crippen LogP contribution in [0.2, 0.25) is 5.02 Å². The highest BCUT2D eigenvalue weighted by atomic mass is 35.5. The Morgan fingerprint density at radius 3 is 2.55 bits per heavy atom. The maximum atomic E-state index is 14.1. The molecule has 110 valence electrons. The van der Waals surface area contributed by atoms with Gasteiger partial charge in [-0.2, -0.15) is 8.78 Å². The predicted octanol–water partition coefficient (Wildman–Crippen LogP) is 2.75. The molecular formula is C13H14ClF2NO3. The lowest BCUT2D eigenvalue weighted by Gasteiger charge is -2.25. The van der Waals surface area contributed by atoms with Gasteiger partial charge < -0.3 is 10.0 Å². The number of rotatable bonds is 6. The summed E-state index contributed by atoms with van der Waals surface area (Å²) in [5.74, 6) is -6.69. The van der Waals surface area contributed by atoms with Gasteiger partial charge in [0.25, 0.3) is 5.91 Å². The summed E-state index contributed by atoms with van der Waals surface area (Å²) in [6.45, 7) is 0.851. The molecule has 0 aliphatic rings. The molecule has 1 rings (SSSR count). The highest BCUT2D eigenvalue weighted by Gasteiger charge is 2.44. The number of halogens is 3. The summed E-state index contributed by atoms with van der Waals surface area (Å²) in [7, 11) is 0. The Hall–Kier alpha value is -1.69. The summed E-state index contributed by atoms with van der Waals surface area (Å²) < 4.78 is 28.2. The minimum absolute atomic E-state index is 0.0543. The van der Waals surface area contributed by atoms with E-state index in [-0.39, 0.29) is 11.6 Å². The largest absolute Gasteiger partial charge is 0.480 e. The standard InChI is InChI=1S/C13H14ClF2NO3/c1-2-6-17(8-11(18)19)12(20)13(15,16)9-4-3-5-10(14)7-9/h3-5,7H,2,6,8H2,1H3,(H,18,19). The Morgan fingerprint density at radius 1 is 1.40 bits per heavy atom. The lowest BCUT2D eigenvalue weighted by atomic mass is 10.1. The second-order valence-corrected chi connectivity index (χ2v) is 4.64. The number of amides is 1. The fourth-order valence-corrected chi connectivity index (χ4v) is 1.88. The molecule has 4 nitrogen and oxygen atoms in total. The molecule has 0 aromatic heterocycles. The average molecular weight is 306 g/mol. The molecule has 0 radical (unpaired) electrons. The van der Waals surface area contributed by atoms with Crippen molar-refractivity contribution < 1.29 is 23.5 Å². The molecule has 1 aromatic carbocycles. The van der Waals surface area contributed by atoms with Crippen molar-refractivity contribution in [3.05, 3.63) is 34.9 Å². The Bertz CT molecular complexity index is 508. The Balaban J connectivity index is 3.04. The molecule has 0 saturated heterocycles. The van der Waals surface area contributed by atoms with Crippen LogP contribution >= 0.6 is 11.6 Å². The van der Waals surface area contributed by atoms with Crippen LogP contribution in [0.1, 0.15) is 18.9 Å². The highest BCUT2D eigenvalue weighted by Crippen LogP contribution is 2.31. The Labute approximate surface area is 119 Å². The number of hydrogen-bond acceptors (Lipinski definition) is 2. The molecule has 0 fully saturated rings. The predicted molar refractivity (Wildman–Crippen MR) is 69.9 cm³/mol. The van der Waals surface area contributed by atoms with E-state index in [1.807, 2.05) is 0 Å². The van der Waals surface area contributed by atoms with Crippen LogP contribution in [0.4, 0.5) is 8.78 Å². The molecule has 20 heavy (non-hydrogen) atoms. The number of hydrogen-bond donors (Lipinski definition) is 1. The van der Waals surface area contributed by atoms with E-state index < -0.39 is 29.9 Å². The summed E-state index contributed by atoms with van der Waals surface area (Å²) in [5, 5.41) is 8.76. The van der Waals surface area contributed by atoms with E-state index in [9.17, 15) is 18.4 Å². The monoisotopic (exact) mass is 305 g/mol. The van der Waals surface area contributed by atoms with Gasteiger partial charge in [-0.05, 0) is 18.6 Å². The van der Waals surface area contributed by atoms with Crippen LogP contribution in [-0.2, 0) is 15.5 Å². The van der Waals surface area contributed by atoms with Crippen LogP contribution in [-0.4, -0.2) is 35.0 Å². The zero-order valence-corrected chi connectivity index (χ0v) is 11.5. The number of carboxylic acids is 1. The van der Waals surface area contributed by atoms with E-state index in [2.05, 4.69) is 0 Å². The number of aliphatic carboxylic acids is 1. The summed E-state index contributed by atoms with van der Waals surface area (Å²) >= 11 is 5.63. The zero-order chi connectivity index (χ0) is 15.3. The quantitative estimate of drug-likeness (QED) is 0.879. The van der Waals surface area contributed by atoms with Crippen LogP contribution in [0.3, 0.4) is 0 Å². The average Bonchev–Trinajstić information content (AvgIpc) is 2.36. The Kier molecular flexibility index (Phi) is 5.44. The smallest absolute Gasteiger partial charge is 0.350 e. The zero-order valence-electron chi connectivity index (χ0n) is 10.8. The van der Waals surface area contributed by atoms with Crippen LogP contribution < -0.4 is 0 Å². The second kappa shape index (κ2) is 6.65. The van der Waals surface area contributed by atoms with E-state index in [4.69, 9.17) is 16.7 Å². The van der Waals surface area contributed by atoms with E-state index in [1.165, 1.54) is 12.1 Å². The van der Waals surface area contributed by atoms with Gasteiger partial charge in [0.2, 0.25) is 0 Å². The van der Waals surface area contributed by atoms with Crippen molar-refractivity contribution >= 4 is 23.5 Å². The van der Waals surface area contributed by atoms with Crippen LogP contribution in [0.25, 0.3) is 0 Å². The number of nitrogens with zero attached hydrogens (tertiary/aromatic N) is 1. The molecule has 0 spiro atoms. The number of alkyl halides is 2. The first kappa shape index (κ1) is 16.4. The third-order valence-electron chi connectivity index (χ3n) is 2.56. The molecule has 0 unspecified atom stereocenters. The fourth-order valence-electron chi connectivity index (χ4n) is 1.69. The molecule has 7 heteroatoms. The Morgan fingerprint density at radius 2 is 2.05 bits per heavy atom. The van der Waals surface area contributed by atoms with Crippen molar-refractivity contribution in [1.82, 2.24) is 4.90 Å². The van der Waals surface area contributed by atoms with Crippen molar-refractivity contribution in [2.24, 2.45) is 0 Å². The van der Waals surface area contributed by atoms with Gasteiger partial charge in [-0.25, -0.2) is 0 Å². The molecule has 0 saturated carbocycles. The number of carbonyl (C=O) groups excluding carboxylic acids is 1. The third kappa shape index (κ3) is 3.90. The van der Waals surface area contributed by atoms with Gasteiger partial charge in [-0.15, -0.1) is 0 Å². The van der Waals surface area contributed by atoms with Gasteiger partial charge in [-0.3, -0.25) is 9.59 Å². The van der Waals surface area contributed by atoms with Crippen molar-refractivity contribution in [3.63, 3.8) is 0 Å². The summed E-state index contributed by atoms with van der Waals surface area (Å²) in [6.07, 6.45) is 0.380. The summed E-state index contributed by atoms with van der Waals surface area (Å²) in [4.78, 5) is 23.1. The summed E-state index contributed by atoms with van der Waals surface area (Å²) in [6, 6.07) is 4.78. The normalized spacial score (nSPS) is 11.2. The van der Waals surface area contributed by atoms with E-state index in [1.54, 1.807) is 6.92 Å². The van der Waals surface area contributed by atoms with Crippen molar-refractivity contribution in [2.45, 2.75) is 19.3 Å². The van der Waals surface area contributed by atoms with Crippen LogP contribution in [0, 0.1) is 0 Å². The van der Waals surface area contributed by atoms with Gasteiger partial charge in [0.15, 0.2) is 0 Å². The molecular weight excluding hydrogens is 292 g/mol. The first-order valence-electron chi connectivity index (χ1n) is 5.94. The fraction of sp³-hybridized carbons (Fsp3) is 0.385. The van der Waals surface area contributed by atoms with Gasteiger partial charge in [0, 0.05) is 17.1 Å². The first-order valence-corrected chi connectivity index (χ1v) is 6.31. The van der Waals surface area contributed by atoms with Crippen LogP contribution in [0.15, 0.2) is 24.3 Å². The van der Waals surface area contributed by atoms with Crippen molar-refractivity contribution in [1.29, 1.82) is 0 Å². The van der Waals surface area contributed by atoms with E-state index in [0.717, 1.165) is 12.1 Å². The maximum Gasteiger partial charge on any atom is 0.350 e. The van der Waals surface area contributed by atoms with Gasteiger partial charge in [0.05, 0.1) is 0 Å². The molecule has 0 aliphatic heterocycles.